The third-order valence-electron chi connectivity index (χ3n) is 5.28. The van der Waals surface area contributed by atoms with Gasteiger partial charge in [0.15, 0.2) is 0 Å². The van der Waals surface area contributed by atoms with Gasteiger partial charge in [0.1, 0.15) is 5.79 Å². The lowest BCUT2D eigenvalue weighted by Crippen LogP contribution is -2.69. The fourth-order valence-electron chi connectivity index (χ4n) is 3.85. The molecule has 2 fully saturated rings. The average molecular weight is 302 g/mol. The van der Waals surface area contributed by atoms with Gasteiger partial charge < -0.3 is 26.1 Å². The summed E-state index contributed by atoms with van der Waals surface area (Å²) in [4.78, 5) is 0. The predicted octanol–water partition coefficient (Wildman–Crippen LogP) is 1.76. The first-order chi connectivity index (χ1) is 9.29. The molecule has 0 aromatic carbocycles. The second-order valence-corrected chi connectivity index (χ2v) is 10.2. The van der Waals surface area contributed by atoms with Crippen molar-refractivity contribution in [1.82, 2.24) is 0 Å². The van der Waals surface area contributed by atoms with Gasteiger partial charge in [0.2, 0.25) is 0 Å². The summed E-state index contributed by atoms with van der Waals surface area (Å²) in [5.74, 6) is -1.12. The quantitative estimate of drug-likeness (QED) is 0.445. The molecule has 0 aromatic rings. The summed E-state index contributed by atoms with van der Waals surface area (Å²) in [5, 5.41) is 0.0165. The topological polar surface area (TPSA) is 96.5 Å². The average Bonchev–Trinajstić information content (AvgIpc) is 3.23. The molecule has 2 rings (SSSR count). The van der Waals surface area contributed by atoms with E-state index in [1.807, 2.05) is 0 Å². The molecule has 6 heteroatoms. The minimum atomic E-state index is -2.33. The Hall–Kier alpha value is 0.0169. The van der Waals surface area contributed by atoms with Crippen LogP contribution in [0.4, 0.5) is 0 Å². The van der Waals surface area contributed by atoms with Gasteiger partial charge in [0.05, 0.1) is 0 Å². The first kappa shape index (κ1) is 16.4. The van der Waals surface area contributed by atoms with Gasteiger partial charge in [-0.2, -0.15) is 0 Å². The number of hydrogen-bond acceptors (Lipinski definition) is 5. The summed E-state index contributed by atoms with van der Waals surface area (Å²) in [6.07, 6.45) is 6.20. The van der Waals surface area contributed by atoms with Crippen LogP contribution in [0.5, 0.6) is 0 Å². The summed E-state index contributed by atoms with van der Waals surface area (Å²) in [5.41, 5.74) is 18.2. The van der Waals surface area contributed by atoms with E-state index < -0.39 is 14.3 Å². The van der Waals surface area contributed by atoms with Crippen LogP contribution in [-0.4, -0.2) is 27.6 Å². The number of nitrogens with two attached hydrogens (primary N) is 3. The van der Waals surface area contributed by atoms with E-state index in [9.17, 15) is 0 Å². The molecule has 118 valence electrons. The fraction of sp³-hybridized carbons (Fsp3) is 1.00. The maximum Gasteiger partial charge on any atom is 0.342 e. The maximum atomic E-state index is 6.28. The first-order valence-electron chi connectivity index (χ1n) is 7.93. The van der Waals surface area contributed by atoms with Crippen molar-refractivity contribution >= 4 is 8.56 Å². The van der Waals surface area contributed by atoms with Gasteiger partial charge in [0, 0.05) is 23.7 Å². The number of hydrogen-bond donors (Lipinski definition) is 3. The van der Waals surface area contributed by atoms with Gasteiger partial charge in [-0.25, -0.2) is 0 Å². The molecular formula is C14H31N3O2Si. The van der Waals surface area contributed by atoms with Crippen LogP contribution < -0.4 is 17.2 Å². The summed E-state index contributed by atoms with van der Waals surface area (Å²) >= 11 is 0. The van der Waals surface area contributed by atoms with Gasteiger partial charge in [-0.1, -0.05) is 13.8 Å². The molecule has 0 atom stereocenters. The van der Waals surface area contributed by atoms with E-state index in [0.29, 0.717) is 0 Å². The van der Waals surface area contributed by atoms with Crippen LogP contribution in [0.1, 0.15) is 52.4 Å². The Labute approximate surface area is 123 Å². The highest BCUT2D eigenvalue weighted by atomic mass is 28.4. The highest BCUT2D eigenvalue weighted by molar-refractivity contribution is 6.70. The minimum absolute atomic E-state index is 0.0165. The maximum absolute atomic E-state index is 6.28. The minimum Gasteiger partial charge on any atom is -0.394 e. The van der Waals surface area contributed by atoms with E-state index in [1.54, 1.807) is 0 Å². The molecule has 0 spiro atoms. The van der Waals surface area contributed by atoms with Gasteiger partial charge in [-0.3, -0.25) is 0 Å². The zero-order valence-electron chi connectivity index (χ0n) is 13.2. The highest BCUT2D eigenvalue weighted by Crippen LogP contribution is 2.81. The molecule has 0 saturated heterocycles. The van der Waals surface area contributed by atoms with Crippen molar-refractivity contribution < 1.29 is 8.85 Å². The molecule has 0 bridgehead atoms. The summed E-state index contributed by atoms with van der Waals surface area (Å²) < 4.78 is 12.6. The van der Waals surface area contributed by atoms with Crippen LogP contribution in [0.15, 0.2) is 0 Å². The zero-order chi connectivity index (χ0) is 15.1. The SMILES string of the molecule is CCCO[Si](C)(OCCC)C1(C2(C(N)(N)N)CC2)CC1. The molecule has 2 saturated carbocycles. The van der Waals surface area contributed by atoms with Crippen molar-refractivity contribution in [2.45, 2.75) is 69.7 Å². The van der Waals surface area contributed by atoms with Crippen LogP contribution >= 0.6 is 0 Å². The van der Waals surface area contributed by atoms with E-state index in [2.05, 4.69) is 20.4 Å². The monoisotopic (exact) mass is 301 g/mol. The lowest BCUT2D eigenvalue weighted by molar-refractivity contribution is 0.124. The molecule has 2 aliphatic carbocycles. The van der Waals surface area contributed by atoms with Gasteiger partial charge in [0.25, 0.3) is 0 Å². The molecule has 0 unspecified atom stereocenters. The molecule has 5 nitrogen and oxygen atoms in total. The molecule has 0 aromatic heterocycles. The normalized spacial score (nSPS) is 23.7. The van der Waals surface area contributed by atoms with E-state index in [-0.39, 0.29) is 10.5 Å². The standard InChI is InChI=1S/C14H31N3O2Si/c1-4-10-18-20(3,19-11-5-2)13(8-9-13)12(6-7-12)14(15,16)17/h4-11,15-17H2,1-3H3. The molecule has 0 radical (unpaired) electrons. The Morgan fingerprint density at radius 1 is 0.950 bits per heavy atom. The second-order valence-electron chi connectivity index (χ2n) is 6.74. The lowest BCUT2D eigenvalue weighted by Gasteiger charge is -2.45. The fourth-order valence-corrected chi connectivity index (χ4v) is 8.05. The van der Waals surface area contributed by atoms with Gasteiger partial charge in [-0.05, 0) is 45.1 Å². The number of rotatable bonds is 9. The Bertz CT molecular complexity index is 341. The Morgan fingerprint density at radius 2 is 1.40 bits per heavy atom. The van der Waals surface area contributed by atoms with Crippen LogP contribution in [-0.2, 0) is 8.85 Å². The summed E-state index contributed by atoms with van der Waals surface area (Å²) in [6.45, 7) is 7.94. The Kier molecular flexibility index (Phi) is 4.37. The Morgan fingerprint density at radius 3 is 1.65 bits per heavy atom. The van der Waals surface area contributed by atoms with E-state index in [0.717, 1.165) is 51.7 Å². The molecular weight excluding hydrogens is 270 g/mol. The van der Waals surface area contributed by atoms with Gasteiger partial charge in [-0.15, -0.1) is 0 Å². The highest BCUT2D eigenvalue weighted by Gasteiger charge is 2.79. The van der Waals surface area contributed by atoms with Crippen molar-refractivity contribution in [3.05, 3.63) is 0 Å². The lowest BCUT2D eigenvalue weighted by atomic mass is 9.92. The van der Waals surface area contributed by atoms with Crippen LogP contribution in [0.3, 0.4) is 0 Å². The van der Waals surface area contributed by atoms with Crippen molar-refractivity contribution in [3.63, 3.8) is 0 Å². The van der Waals surface area contributed by atoms with Crippen molar-refractivity contribution in [1.29, 1.82) is 0 Å². The molecule has 0 amide bonds. The molecule has 0 aliphatic heterocycles. The summed E-state index contributed by atoms with van der Waals surface area (Å²) in [7, 11) is -2.33. The zero-order valence-corrected chi connectivity index (χ0v) is 14.2. The largest absolute Gasteiger partial charge is 0.394 e. The Balaban J connectivity index is 2.24. The van der Waals surface area contributed by atoms with E-state index in [1.165, 1.54) is 0 Å². The smallest absolute Gasteiger partial charge is 0.342 e. The van der Waals surface area contributed by atoms with Crippen molar-refractivity contribution in [2.24, 2.45) is 22.6 Å². The third kappa shape index (κ3) is 2.36. The van der Waals surface area contributed by atoms with E-state index >= 15 is 0 Å². The molecule has 20 heavy (non-hydrogen) atoms. The first-order valence-corrected chi connectivity index (χ1v) is 10.2. The van der Waals surface area contributed by atoms with Crippen LogP contribution in [0, 0.1) is 5.41 Å². The van der Waals surface area contributed by atoms with Crippen molar-refractivity contribution in [3.8, 4) is 0 Å². The summed E-state index contributed by atoms with van der Waals surface area (Å²) in [6, 6.07) is 0. The van der Waals surface area contributed by atoms with Crippen LogP contribution in [0.2, 0.25) is 11.6 Å². The van der Waals surface area contributed by atoms with Crippen LogP contribution in [0.25, 0.3) is 0 Å². The molecule has 0 heterocycles. The van der Waals surface area contributed by atoms with Gasteiger partial charge >= 0.3 is 8.56 Å². The van der Waals surface area contributed by atoms with Crippen molar-refractivity contribution in [2.75, 3.05) is 13.2 Å². The predicted molar refractivity (Wildman–Crippen MR) is 83.0 cm³/mol. The molecule has 6 N–H and O–H groups in total. The second kappa shape index (κ2) is 5.33. The third-order valence-corrected chi connectivity index (χ3v) is 9.50. The van der Waals surface area contributed by atoms with E-state index in [4.69, 9.17) is 26.1 Å². The molecule has 2 aliphatic rings.